The quantitative estimate of drug-likeness (QED) is 0.487. The Morgan fingerprint density at radius 2 is 1.83 bits per heavy atom. The highest BCUT2D eigenvalue weighted by molar-refractivity contribution is 7.92. The van der Waals surface area contributed by atoms with E-state index in [9.17, 15) is 27.6 Å². The maximum Gasteiger partial charge on any atom is 0.416 e. The Labute approximate surface area is 205 Å². The molecule has 4 amide bonds. The van der Waals surface area contributed by atoms with Crippen molar-refractivity contribution in [3.05, 3.63) is 47.5 Å². The molecule has 35 heavy (non-hydrogen) atoms. The van der Waals surface area contributed by atoms with Crippen molar-refractivity contribution < 1.29 is 32.3 Å². The highest BCUT2D eigenvalue weighted by Gasteiger charge is 2.43. The van der Waals surface area contributed by atoms with Crippen molar-refractivity contribution in [2.75, 3.05) is 39.5 Å². The van der Waals surface area contributed by atoms with Gasteiger partial charge >= 0.3 is 6.09 Å². The maximum absolute atomic E-state index is 13.5. The average Bonchev–Trinajstić information content (AvgIpc) is 3.35. The zero-order chi connectivity index (χ0) is 25.8. The maximum atomic E-state index is 13.5. The number of likely N-dealkylation sites (tertiary alicyclic amines) is 1. The van der Waals surface area contributed by atoms with E-state index in [1.165, 1.54) is 15.9 Å². The summed E-state index contributed by atoms with van der Waals surface area (Å²) in [7, 11) is -0.474. The van der Waals surface area contributed by atoms with Crippen LogP contribution in [0.15, 0.2) is 42.0 Å². The molecule has 1 fully saturated rings. The van der Waals surface area contributed by atoms with Gasteiger partial charge in [0.05, 0.1) is 17.6 Å². The molecular formula is C24H31N3O7S. The molecule has 10 nitrogen and oxygen atoms in total. The predicted molar refractivity (Wildman–Crippen MR) is 128 cm³/mol. The predicted octanol–water partition coefficient (Wildman–Crippen LogP) is 1.22. The molecule has 0 radical (unpaired) electrons. The molecule has 1 aromatic carbocycles. The van der Waals surface area contributed by atoms with Crippen molar-refractivity contribution in [1.82, 2.24) is 14.7 Å². The van der Waals surface area contributed by atoms with Crippen LogP contribution in [0.25, 0.3) is 0 Å². The summed E-state index contributed by atoms with van der Waals surface area (Å²) in [5, 5.41) is -1.03. The Balaban J connectivity index is 1.81. The van der Waals surface area contributed by atoms with Crippen LogP contribution < -0.4 is 0 Å². The number of hydrogen-bond donors (Lipinski definition) is 0. The van der Waals surface area contributed by atoms with Crippen LogP contribution in [-0.2, 0) is 35.5 Å². The molecule has 0 aromatic heterocycles. The monoisotopic (exact) mass is 505 g/mol. The number of amides is 4. The molecule has 2 unspecified atom stereocenters. The minimum absolute atomic E-state index is 0.0226. The smallest absolute Gasteiger partial charge is 0.416 e. The van der Waals surface area contributed by atoms with Gasteiger partial charge in [0.25, 0.3) is 0 Å². The van der Waals surface area contributed by atoms with Crippen LogP contribution >= 0.6 is 0 Å². The van der Waals surface area contributed by atoms with Gasteiger partial charge in [-0.25, -0.2) is 18.1 Å². The molecule has 0 spiro atoms. The molecule has 3 rings (SSSR count). The molecule has 0 saturated carbocycles. The highest BCUT2D eigenvalue weighted by atomic mass is 32.2. The van der Waals surface area contributed by atoms with Crippen LogP contribution in [0, 0.1) is 5.92 Å². The third-order valence-electron chi connectivity index (χ3n) is 6.15. The molecule has 1 saturated heterocycles. The number of ether oxygens (including phenoxy) is 1. The second-order valence-electron chi connectivity index (χ2n) is 8.74. The van der Waals surface area contributed by atoms with Gasteiger partial charge in [-0.15, -0.1) is 0 Å². The highest BCUT2D eigenvalue weighted by Crippen LogP contribution is 2.28. The van der Waals surface area contributed by atoms with Crippen molar-refractivity contribution in [3.63, 3.8) is 0 Å². The van der Waals surface area contributed by atoms with Crippen molar-refractivity contribution in [1.29, 1.82) is 0 Å². The fourth-order valence-electron chi connectivity index (χ4n) is 4.32. The molecular weight excluding hydrogens is 474 g/mol. The molecule has 0 N–H and O–H groups in total. The van der Waals surface area contributed by atoms with E-state index in [4.69, 9.17) is 4.74 Å². The minimum Gasteiger partial charge on any atom is -0.449 e. The fourth-order valence-corrected chi connectivity index (χ4v) is 6.01. The second-order valence-corrected chi connectivity index (χ2v) is 11.0. The lowest BCUT2D eigenvalue weighted by Gasteiger charge is -2.27. The Bertz CT molecular complexity index is 1120. The molecule has 1 aromatic rings. The first-order chi connectivity index (χ1) is 16.6. The number of nitrogens with zero attached hydrogens (tertiary/aromatic N) is 3. The van der Waals surface area contributed by atoms with Gasteiger partial charge in [0.15, 0.2) is 9.84 Å². The number of rotatable bonds is 8. The lowest BCUT2D eigenvalue weighted by atomic mass is 10.0. The first-order valence-corrected chi connectivity index (χ1v) is 13.2. The van der Waals surface area contributed by atoms with Crippen molar-refractivity contribution >= 4 is 33.7 Å². The lowest BCUT2D eigenvalue weighted by molar-refractivity contribution is -0.143. The summed E-state index contributed by atoms with van der Waals surface area (Å²) in [6.07, 6.45) is 0.836. The Morgan fingerprint density at radius 3 is 2.46 bits per heavy atom. The molecule has 2 atom stereocenters. The largest absolute Gasteiger partial charge is 0.449 e. The molecule has 2 aliphatic rings. The number of carbonyl (C=O) groups excluding carboxylic acids is 4. The van der Waals surface area contributed by atoms with E-state index in [2.05, 4.69) is 0 Å². The lowest BCUT2D eigenvalue weighted by Crippen LogP contribution is -2.43. The van der Waals surface area contributed by atoms with Gasteiger partial charge in [-0.1, -0.05) is 36.4 Å². The molecule has 0 aliphatic carbocycles. The molecule has 2 aliphatic heterocycles. The molecule has 11 heteroatoms. The first kappa shape index (κ1) is 26.4. The normalized spacial score (nSPS) is 20.9. The Morgan fingerprint density at radius 1 is 1.14 bits per heavy atom. The molecule has 2 heterocycles. The summed E-state index contributed by atoms with van der Waals surface area (Å²) in [6.45, 7) is 2.01. The number of sulfone groups is 1. The third kappa shape index (κ3) is 5.90. The van der Waals surface area contributed by atoms with Crippen molar-refractivity contribution in [2.24, 2.45) is 5.92 Å². The Kier molecular flexibility index (Phi) is 8.31. The zero-order valence-corrected chi connectivity index (χ0v) is 21.0. The van der Waals surface area contributed by atoms with E-state index >= 15 is 0 Å². The van der Waals surface area contributed by atoms with Gasteiger partial charge in [0.1, 0.15) is 5.92 Å². The van der Waals surface area contributed by atoms with Gasteiger partial charge < -0.3 is 14.5 Å². The van der Waals surface area contributed by atoms with Gasteiger partial charge in [-0.2, -0.15) is 0 Å². The van der Waals surface area contributed by atoms with E-state index in [-0.39, 0.29) is 56.3 Å². The zero-order valence-electron chi connectivity index (χ0n) is 20.2. The summed E-state index contributed by atoms with van der Waals surface area (Å²) in [6, 6.07) is 9.13. The van der Waals surface area contributed by atoms with Crippen LogP contribution in [0.2, 0.25) is 0 Å². The van der Waals surface area contributed by atoms with Crippen LogP contribution in [0.1, 0.15) is 25.3 Å². The van der Waals surface area contributed by atoms with E-state index < -0.39 is 38.9 Å². The SMILES string of the molecule is CCOC(=O)N1CCC(C(=O)N(CCC2C(C(=O)N(C)C)=CCS2(=O)=O)Cc2ccccc2)C1=O. The summed E-state index contributed by atoms with van der Waals surface area (Å²) in [5.74, 6) is -2.77. The number of likely N-dealkylation sites (N-methyl/N-ethyl adjacent to an activating group) is 1. The van der Waals surface area contributed by atoms with Gasteiger partial charge in [-0.05, 0) is 25.3 Å². The van der Waals surface area contributed by atoms with Gasteiger partial charge in [0, 0.05) is 39.3 Å². The number of carbonyl (C=O) groups is 4. The minimum atomic E-state index is -3.58. The topological polar surface area (TPSA) is 121 Å². The number of hydrogen-bond acceptors (Lipinski definition) is 7. The van der Waals surface area contributed by atoms with Gasteiger partial charge in [-0.3, -0.25) is 14.4 Å². The summed E-state index contributed by atoms with van der Waals surface area (Å²) in [4.78, 5) is 54.6. The number of benzene rings is 1. The Hall–Kier alpha value is -3.21. The van der Waals surface area contributed by atoms with Crippen LogP contribution in [0.4, 0.5) is 4.79 Å². The van der Waals surface area contributed by atoms with E-state index in [0.717, 1.165) is 10.5 Å². The second kappa shape index (κ2) is 11.0. The van der Waals surface area contributed by atoms with Crippen LogP contribution in [-0.4, -0.2) is 91.7 Å². The van der Waals surface area contributed by atoms with Gasteiger partial charge in [0.2, 0.25) is 17.7 Å². The van der Waals surface area contributed by atoms with E-state index in [0.29, 0.717) is 0 Å². The summed E-state index contributed by atoms with van der Waals surface area (Å²) < 4.78 is 30.3. The van der Waals surface area contributed by atoms with E-state index in [1.807, 2.05) is 30.3 Å². The van der Waals surface area contributed by atoms with E-state index in [1.54, 1.807) is 21.0 Å². The third-order valence-corrected chi connectivity index (χ3v) is 8.14. The standard InChI is InChI=1S/C24H31N3O7S/c1-4-34-24(31)27-14-10-19(23(27)30)22(29)26(16-17-8-6-5-7-9-17)13-11-20-18(21(28)25(2)3)12-15-35(20,32)33/h5-9,12,19-20H,4,10-11,13-16H2,1-3H3. The first-order valence-electron chi connectivity index (χ1n) is 11.5. The van der Waals surface area contributed by atoms with Crippen molar-refractivity contribution in [2.45, 2.75) is 31.6 Å². The van der Waals surface area contributed by atoms with Crippen LogP contribution in [0.5, 0.6) is 0 Å². The average molecular weight is 506 g/mol. The fraction of sp³-hybridized carbons (Fsp3) is 0.500. The van der Waals surface area contributed by atoms with Crippen molar-refractivity contribution in [3.8, 4) is 0 Å². The number of imide groups is 1. The summed E-state index contributed by atoms with van der Waals surface area (Å²) >= 11 is 0. The molecule has 0 bridgehead atoms. The van der Waals surface area contributed by atoms with Crippen LogP contribution in [0.3, 0.4) is 0 Å². The molecule has 190 valence electrons. The summed E-state index contributed by atoms with van der Waals surface area (Å²) in [5.41, 5.74) is 1.01.